The van der Waals surface area contributed by atoms with Crippen molar-refractivity contribution in [2.45, 2.75) is 6.18 Å². The molecule has 11 heavy (non-hydrogen) atoms. The topological polar surface area (TPSA) is 31.9 Å². The Morgan fingerprint density at radius 3 is 2.27 bits per heavy atom. The fourth-order valence-corrected chi connectivity index (χ4v) is 0.782. The van der Waals surface area contributed by atoms with Gasteiger partial charge in [0.15, 0.2) is 0 Å². The molecule has 0 bridgehead atoms. The Kier molecular flexibility index (Phi) is 1.54. The van der Waals surface area contributed by atoms with Gasteiger partial charge >= 0.3 is 12.0 Å². The van der Waals surface area contributed by atoms with Crippen LogP contribution >= 0.6 is 0 Å². The van der Waals surface area contributed by atoms with E-state index in [1.54, 1.807) is 0 Å². The number of imidazole rings is 1. The number of halogens is 3. The predicted octanol–water partition coefficient (Wildman–Crippen LogP) is 0.677. The number of rotatable bonds is 0. The van der Waals surface area contributed by atoms with Crippen LogP contribution in [0.1, 0.15) is 5.82 Å². The summed E-state index contributed by atoms with van der Waals surface area (Å²) in [5, 5.41) is 10.5. The van der Waals surface area contributed by atoms with Crippen LogP contribution < -0.4 is 4.73 Å². The van der Waals surface area contributed by atoms with E-state index in [0.29, 0.717) is 0 Å². The van der Waals surface area contributed by atoms with Gasteiger partial charge in [-0.2, -0.15) is 13.2 Å². The van der Waals surface area contributed by atoms with Gasteiger partial charge in [-0.25, -0.2) is 9.30 Å². The number of aromatic nitrogens is 2. The van der Waals surface area contributed by atoms with Crippen molar-refractivity contribution in [1.29, 1.82) is 0 Å². The molecule has 6 heteroatoms. The first kappa shape index (κ1) is 7.90. The highest BCUT2D eigenvalue weighted by atomic mass is 19.4. The molecule has 1 aromatic rings. The molecule has 0 amide bonds. The quantitative estimate of drug-likeness (QED) is 0.412. The van der Waals surface area contributed by atoms with Crippen molar-refractivity contribution in [3.63, 3.8) is 0 Å². The van der Waals surface area contributed by atoms with Gasteiger partial charge in [-0.05, 0) is 0 Å². The monoisotopic (exact) mass is 166 g/mol. The van der Waals surface area contributed by atoms with E-state index in [-0.39, 0.29) is 4.73 Å². The lowest BCUT2D eigenvalue weighted by Gasteiger charge is -2.05. The zero-order chi connectivity index (χ0) is 8.65. The summed E-state index contributed by atoms with van der Waals surface area (Å²) in [6, 6.07) is 0. The molecule has 0 aliphatic carbocycles. The van der Waals surface area contributed by atoms with Gasteiger partial charge in [0.1, 0.15) is 12.4 Å². The Morgan fingerprint density at radius 2 is 2.09 bits per heavy atom. The highest BCUT2D eigenvalue weighted by Gasteiger charge is 2.42. The Labute approximate surface area is 60.3 Å². The average molecular weight is 166 g/mol. The molecule has 0 aromatic carbocycles. The maximum Gasteiger partial charge on any atom is 0.495 e. The second-order valence-electron chi connectivity index (χ2n) is 2.06. The first-order chi connectivity index (χ1) is 4.93. The predicted molar refractivity (Wildman–Crippen MR) is 29.4 cm³/mol. The van der Waals surface area contributed by atoms with Gasteiger partial charge in [-0.3, -0.25) is 0 Å². The minimum atomic E-state index is -4.58. The van der Waals surface area contributed by atoms with Crippen LogP contribution in [0, 0.1) is 5.21 Å². The van der Waals surface area contributed by atoms with Crippen molar-refractivity contribution in [3.8, 4) is 0 Å². The van der Waals surface area contributed by atoms with Crippen LogP contribution in [0.3, 0.4) is 0 Å². The molecule has 1 rings (SSSR count). The molecule has 0 spiro atoms. The van der Waals surface area contributed by atoms with E-state index in [1.165, 1.54) is 0 Å². The van der Waals surface area contributed by atoms with Crippen LogP contribution in [0.5, 0.6) is 0 Å². The van der Waals surface area contributed by atoms with Crippen LogP contribution in [0.25, 0.3) is 0 Å². The lowest BCUT2D eigenvalue weighted by Crippen LogP contribution is -2.35. The van der Waals surface area contributed by atoms with E-state index in [1.807, 2.05) is 0 Å². The summed E-state index contributed by atoms with van der Waals surface area (Å²) < 4.78 is 36.2. The van der Waals surface area contributed by atoms with E-state index in [0.717, 1.165) is 24.0 Å². The highest BCUT2D eigenvalue weighted by molar-refractivity contribution is 4.87. The third-order valence-electron chi connectivity index (χ3n) is 1.22. The summed E-state index contributed by atoms with van der Waals surface area (Å²) in [6.45, 7) is 0. The van der Waals surface area contributed by atoms with Crippen LogP contribution in [0.15, 0.2) is 12.4 Å². The number of hydrogen-bond acceptors (Lipinski definition) is 1. The first-order valence-electron chi connectivity index (χ1n) is 2.74. The normalized spacial score (nSPS) is 12.0. The molecule has 0 unspecified atom stereocenters. The van der Waals surface area contributed by atoms with Crippen molar-refractivity contribution in [2.24, 2.45) is 7.05 Å². The highest BCUT2D eigenvalue weighted by Crippen LogP contribution is 2.25. The van der Waals surface area contributed by atoms with Gasteiger partial charge < -0.3 is 5.21 Å². The van der Waals surface area contributed by atoms with Gasteiger partial charge in [-0.15, -0.1) is 0 Å². The molecule has 62 valence electrons. The summed E-state index contributed by atoms with van der Waals surface area (Å²) in [5.74, 6) is -1.21. The Bertz CT molecular complexity index is 246. The standard InChI is InChI=1S/C5H5F3N2O/c1-9-2-3-10(11)4(9)5(6,7)8/h2-3H,1H3. The van der Waals surface area contributed by atoms with Crippen molar-refractivity contribution >= 4 is 0 Å². The van der Waals surface area contributed by atoms with Crippen LogP contribution in [-0.4, -0.2) is 4.57 Å². The molecule has 0 saturated carbocycles. The largest absolute Gasteiger partial charge is 0.710 e. The lowest BCUT2D eigenvalue weighted by atomic mass is 10.6. The fourth-order valence-electron chi connectivity index (χ4n) is 0.782. The van der Waals surface area contributed by atoms with E-state index in [2.05, 4.69) is 0 Å². The Morgan fingerprint density at radius 1 is 1.55 bits per heavy atom. The van der Waals surface area contributed by atoms with Gasteiger partial charge in [0.2, 0.25) is 0 Å². The molecule has 0 radical (unpaired) electrons. The molecule has 1 aromatic heterocycles. The minimum Gasteiger partial charge on any atom is -0.710 e. The zero-order valence-electron chi connectivity index (χ0n) is 5.59. The molecule has 0 atom stereocenters. The molecule has 0 fully saturated rings. The maximum absolute atomic E-state index is 11.9. The summed E-state index contributed by atoms with van der Waals surface area (Å²) in [7, 11) is 1.16. The Hall–Kier alpha value is -1.20. The van der Waals surface area contributed by atoms with Crippen molar-refractivity contribution in [1.82, 2.24) is 4.57 Å². The second kappa shape index (κ2) is 2.14. The van der Waals surface area contributed by atoms with Gasteiger partial charge in [0.05, 0.1) is 7.05 Å². The summed E-state index contributed by atoms with van der Waals surface area (Å²) in [6.07, 6.45) is -2.72. The smallest absolute Gasteiger partial charge is 0.495 e. The number of nitrogens with zero attached hydrogens (tertiary/aromatic N) is 2. The van der Waals surface area contributed by atoms with Crippen LogP contribution in [0.4, 0.5) is 13.2 Å². The molecule has 0 aliphatic rings. The van der Waals surface area contributed by atoms with E-state index in [9.17, 15) is 18.4 Å². The summed E-state index contributed by atoms with van der Waals surface area (Å²) in [5.41, 5.74) is 0. The number of hydrogen-bond donors (Lipinski definition) is 0. The molecule has 0 N–H and O–H groups in total. The molecular formula is C5H5F3N2O. The molecular weight excluding hydrogens is 161 g/mol. The summed E-state index contributed by atoms with van der Waals surface area (Å²) >= 11 is 0. The maximum atomic E-state index is 11.9. The van der Waals surface area contributed by atoms with Crippen LogP contribution in [-0.2, 0) is 13.2 Å². The zero-order valence-corrected chi connectivity index (χ0v) is 5.59. The van der Waals surface area contributed by atoms with Crippen molar-refractivity contribution in [2.75, 3.05) is 0 Å². The fraction of sp³-hybridized carbons (Fsp3) is 0.400. The molecule has 0 aliphatic heterocycles. The van der Waals surface area contributed by atoms with Crippen LogP contribution in [0.2, 0.25) is 0 Å². The second-order valence-corrected chi connectivity index (χ2v) is 2.06. The molecule has 0 saturated heterocycles. The van der Waals surface area contributed by atoms with E-state index in [4.69, 9.17) is 0 Å². The SMILES string of the molecule is Cn1cc[n+]([O-])c1C(F)(F)F. The third kappa shape index (κ3) is 1.28. The minimum absolute atomic E-state index is 0.208. The number of aryl methyl sites for hydroxylation is 1. The van der Waals surface area contributed by atoms with Crippen molar-refractivity contribution in [3.05, 3.63) is 23.4 Å². The number of alkyl halides is 3. The first-order valence-corrected chi connectivity index (χ1v) is 2.74. The van der Waals surface area contributed by atoms with E-state index < -0.39 is 12.0 Å². The third-order valence-corrected chi connectivity index (χ3v) is 1.22. The van der Waals surface area contributed by atoms with Gasteiger partial charge in [-0.1, -0.05) is 0 Å². The van der Waals surface area contributed by atoms with Gasteiger partial charge in [0.25, 0.3) is 0 Å². The van der Waals surface area contributed by atoms with Crippen molar-refractivity contribution < 1.29 is 17.9 Å². The lowest BCUT2D eigenvalue weighted by molar-refractivity contribution is -0.629. The Balaban J connectivity index is 3.21. The summed E-state index contributed by atoms with van der Waals surface area (Å²) in [4.78, 5) is 0. The average Bonchev–Trinajstić information content (AvgIpc) is 2.08. The van der Waals surface area contributed by atoms with E-state index >= 15 is 0 Å². The van der Waals surface area contributed by atoms with Gasteiger partial charge in [0, 0.05) is 0 Å². The molecule has 3 nitrogen and oxygen atoms in total. The molecule has 1 heterocycles.